The minimum absolute atomic E-state index is 0. The summed E-state index contributed by atoms with van der Waals surface area (Å²) in [5, 5.41) is 0. The highest BCUT2D eigenvalue weighted by Crippen LogP contribution is 2.37. The molecule has 2 aliphatic rings. The van der Waals surface area contributed by atoms with Gasteiger partial charge in [-0.15, -0.1) is 12.4 Å². The Labute approximate surface area is 140 Å². The maximum absolute atomic E-state index is 6.42. The molecule has 3 nitrogen and oxygen atoms in total. The van der Waals surface area contributed by atoms with Crippen molar-refractivity contribution >= 4 is 12.4 Å². The molecule has 0 spiro atoms. The molecule has 0 amide bonds. The highest BCUT2D eigenvalue weighted by atomic mass is 35.5. The summed E-state index contributed by atoms with van der Waals surface area (Å²) >= 11 is 0. The van der Waals surface area contributed by atoms with Gasteiger partial charge in [-0.05, 0) is 30.2 Å². The van der Waals surface area contributed by atoms with E-state index in [2.05, 4.69) is 42.2 Å². The van der Waals surface area contributed by atoms with Crippen LogP contribution in [0.25, 0.3) is 0 Å². The number of ether oxygens (including phenoxy) is 1. The Morgan fingerprint density at radius 3 is 2.50 bits per heavy atom. The number of hydrogen-bond donors (Lipinski definition) is 1. The second-order valence-electron chi connectivity index (χ2n) is 6.84. The number of halogens is 1. The summed E-state index contributed by atoms with van der Waals surface area (Å²) in [7, 11) is 0. The van der Waals surface area contributed by atoms with E-state index in [-0.39, 0.29) is 18.4 Å². The molecule has 1 aromatic carbocycles. The molecule has 1 aromatic rings. The van der Waals surface area contributed by atoms with Crippen LogP contribution in [0.1, 0.15) is 37.7 Å². The molecule has 0 aliphatic carbocycles. The molecule has 0 bridgehead atoms. The summed E-state index contributed by atoms with van der Waals surface area (Å²) < 4.78 is 5.56. The van der Waals surface area contributed by atoms with E-state index < -0.39 is 0 Å². The molecule has 2 aliphatic heterocycles. The van der Waals surface area contributed by atoms with Gasteiger partial charge in [-0.2, -0.15) is 0 Å². The molecule has 0 unspecified atom stereocenters. The zero-order valence-electron chi connectivity index (χ0n) is 13.5. The SMILES string of the molecule is CCC1(CN2C[C@@H](N)[C@H](c3ccccc3)C2)CCOCC1.Cl. The minimum atomic E-state index is 0. The van der Waals surface area contributed by atoms with E-state index in [1.165, 1.54) is 31.4 Å². The third-order valence-electron chi connectivity index (χ3n) is 5.53. The van der Waals surface area contributed by atoms with Gasteiger partial charge < -0.3 is 15.4 Å². The number of rotatable bonds is 4. The number of hydrogen-bond acceptors (Lipinski definition) is 3. The molecule has 0 aromatic heterocycles. The van der Waals surface area contributed by atoms with Gasteiger partial charge in [-0.1, -0.05) is 37.3 Å². The average molecular weight is 325 g/mol. The van der Waals surface area contributed by atoms with Crippen LogP contribution >= 0.6 is 12.4 Å². The van der Waals surface area contributed by atoms with Crippen LogP contribution < -0.4 is 5.73 Å². The summed E-state index contributed by atoms with van der Waals surface area (Å²) in [6, 6.07) is 11.0. The van der Waals surface area contributed by atoms with Gasteiger partial charge in [0.2, 0.25) is 0 Å². The predicted molar refractivity (Wildman–Crippen MR) is 93.6 cm³/mol. The van der Waals surface area contributed by atoms with Gasteiger partial charge in [-0.25, -0.2) is 0 Å². The van der Waals surface area contributed by atoms with Crippen LogP contribution in [0.3, 0.4) is 0 Å². The number of nitrogens with zero attached hydrogens (tertiary/aromatic N) is 1. The smallest absolute Gasteiger partial charge is 0.0471 e. The Hall–Kier alpha value is -0.610. The number of benzene rings is 1. The monoisotopic (exact) mass is 324 g/mol. The topological polar surface area (TPSA) is 38.5 Å². The molecule has 0 saturated carbocycles. The van der Waals surface area contributed by atoms with Crippen LogP contribution in [0.2, 0.25) is 0 Å². The Morgan fingerprint density at radius 2 is 1.86 bits per heavy atom. The largest absolute Gasteiger partial charge is 0.381 e. The maximum Gasteiger partial charge on any atom is 0.0471 e. The molecule has 2 N–H and O–H groups in total. The van der Waals surface area contributed by atoms with E-state index >= 15 is 0 Å². The third kappa shape index (κ3) is 3.83. The lowest BCUT2D eigenvalue weighted by Crippen LogP contribution is -2.41. The quantitative estimate of drug-likeness (QED) is 0.925. The van der Waals surface area contributed by atoms with Gasteiger partial charge >= 0.3 is 0 Å². The van der Waals surface area contributed by atoms with E-state index in [0.717, 1.165) is 26.3 Å². The van der Waals surface area contributed by atoms with Crippen LogP contribution in [0.4, 0.5) is 0 Å². The number of nitrogens with two attached hydrogens (primary N) is 1. The van der Waals surface area contributed by atoms with E-state index in [0.29, 0.717) is 11.3 Å². The number of likely N-dealkylation sites (tertiary alicyclic amines) is 1. The second-order valence-corrected chi connectivity index (χ2v) is 6.84. The van der Waals surface area contributed by atoms with Gasteiger partial charge in [0.15, 0.2) is 0 Å². The molecular formula is C18H29ClN2O. The molecule has 0 radical (unpaired) electrons. The molecule has 3 rings (SSSR count). The Bertz CT molecular complexity index is 448. The van der Waals surface area contributed by atoms with Crippen LogP contribution in [-0.2, 0) is 4.74 Å². The minimum Gasteiger partial charge on any atom is -0.381 e. The molecule has 4 heteroatoms. The summed E-state index contributed by atoms with van der Waals surface area (Å²) in [6.45, 7) is 7.50. The van der Waals surface area contributed by atoms with Gasteiger partial charge in [0.1, 0.15) is 0 Å². The Kier molecular flexibility index (Phi) is 6.27. The second kappa shape index (κ2) is 7.78. The van der Waals surface area contributed by atoms with Crippen molar-refractivity contribution in [3.05, 3.63) is 35.9 Å². The third-order valence-corrected chi connectivity index (χ3v) is 5.53. The van der Waals surface area contributed by atoms with Gasteiger partial charge in [-0.3, -0.25) is 0 Å². The van der Waals surface area contributed by atoms with Crippen molar-refractivity contribution in [3.63, 3.8) is 0 Å². The summed E-state index contributed by atoms with van der Waals surface area (Å²) in [6.07, 6.45) is 3.65. The average Bonchev–Trinajstić information content (AvgIpc) is 2.89. The van der Waals surface area contributed by atoms with Crippen molar-refractivity contribution in [3.8, 4) is 0 Å². The van der Waals surface area contributed by atoms with Crippen molar-refractivity contribution in [2.24, 2.45) is 11.1 Å². The normalized spacial score (nSPS) is 28.3. The summed E-state index contributed by atoms with van der Waals surface area (Å²) in [5.41, 5.74) is 8.27. The first kappa shape index (κ1) is 17.7. The van der Waals surface area contributed by atoms with Crippen LogP contribution in [0.15, 0.2) is 30.3 Å². The van der Waals surface area contributed by atoms with Crippen molar-refractivity contribution in [2.45, 2.75) is 38.1 Å². The maximum atomic E-state index is 6.42. The van der Waals surface area contributed by atoms with Crippen LogP contribution in [0.5, 0.6) is 0 Å². The first-order valence-corrected chi connectivity index (χ1v) is 8.33. The highest BCUT2D eigenvalue weighted by Gasteiger charge is 2.37. The first-order valence-electron chi connectivity index (χ1n) is 8.33. The molecule has 2 heterocycles. The summed E-state index contributed by atoms with van der Waals surface area (Å²) in [4.78, 5) is 2.59. The lowest BCUT2D eigenvalue weighted by atomic mass is 9.77. The fourth-order valence-electron chi connectivity index (χ4n) is 4.00. The van der Waals surface area contributed by atoms with E-state index in [1.54, 1.807) is 0 Å². The summed E-state index contributed by atoms with van der Waals surface area (Å²) in [5.74, 6) is 0.486. The Morgan fingerprint density at radius 1 is 1.18 bits per heavy atom. The zero-order chi connectivity index (χ0) is 14.7. The lowest BCUT2D eigenvalue weighted by Gasteiger charge is -2.39. The van der Waals surface area contributed by atoms with E-state index in [1.807, 2.05) is 0 Å². The van der Waals surface area contributed by atoms with E-state index in [9.17, 15) is 0 Å². The molecule has 2 saturated heterocycles. The van der Waals surface area contributed by atoms with Gasteiger partial charge in [0, 0.05) is 44.8 Å². The highest BCUT2D eigenvalue weighted by molar-refractivity contribution is 5.85. The van der Waals surface area contributed by atoms with Crippen molar-refractivity contribution in [1.82, 2.24) is 4.90 Å². The standard InChI is InChI=1S/C18H28N2O.ClH/c1-2-18(8-10-21-11-9-18)14-20-12-16(17(19)13-20)15-6-4-3-5-7-15;/h3-7,16-17H,2,8-14,19H2,1H3;1H/t16-,17+;/m0./s1. The van der Waals surface area contributed by atoms with E-state index in [4.69, 9.17) is 10.5 Å². The van der Waals surface area contributed by atoms with Crippen LogP contribution in [0, 0.1) is 5.41 Å². The van der Waals surface area contributed by atoms with Gasteiger partial charge in [0.25, 0.3) is 0 Å². The van der Waals surface area contributed by atoms with Gasteiger partial charge in [0.05, 0.1) is 0 Å². The molecule has 124 valence electrons. The fourth-order valence-corrected chi connectivity index (χ4v) is 4.00. The molecule has 2 fully saturated rings. The zero-order valence-corrected chi connectivity index (χ0v) is 14.4. The molecule has 2 atom stereocenters. The van der Waals surface area contributed by atoms with Crippen molar-refractivity contribution in [2.75, 3.05) is 32.8 Å². The van der Waals surface area contributed by atoms with Crippen molar-refractivity contribution < 1.29 is 4.74 Å². The predicted octanol–water partition coefficient (Wildman–Crippen LogP) is 3.04. The molecule has 22 heavy (non-hydrogen) atoms. The fraction of sp³-hybridized carbons (Fsp3) is 0.667. The van der Waals surface area contributed by atoms with Crippen LogP contribution in [-0.4, -0.2) is 43.8 Å². The molecular weight excluding hydrogens is 296 g/mol. The van der Waals surface area contributed by atoms with Crippen molar-refractivity contribution in [1.29, 1.82) is 0 Å². The lowest BCUT2D eigenvalue weighted by molar-refractivity contribution is -0.00375. The Balaban J connectivity index is 0.00000176. The first-order chi connectivity index (χ1) is 10.2.